The van der Waals surface area contributed by atoms with E-state index in [0.29, 0.717) is 24.7 Å². The molecule has 164 valence electrons. The molecule has 29 heavy (non-hydrogen) atoms. The maximum absolute atomic E-state index is 14.6. The van der Waals surface area contributed by atoms with E-state index in [0.717, 1.165) is 38.3 Å². The predicted octanol–water partition coefficient (Wildman–Crippen LogP) is 1.73. The van der Waals surface area contributed by atoms with Crippen LogP contribution < -0.4 is 15.5 Å². The van der Waals surface area contributed by atoms with E-state index in [-0.39, 0.29) is 42.2 Å². The molecule has 0 aromatic heterocycles. The Balaban J connectivity index is 0.00000420. The first-order valence-electron chi connectivity index (χ1n) is 9.92. The fourth-order valence-corrected chi connectivity index (χ4v) is 3.04. The number of nitrogens with one attached hydrogen (secondary N) is 2. The summed E-state index contributed by atoms with van der Waals surface area (Å²) >= 11 is 0. The van der Waals surface area contributed by atoms with Crippen molar-refractivity contribution in [2.45, 2.75) is 20.4 Å². The highest BCUT2D eigenvalue weighted by Crippen LogP contribution is 2.22. The third-order valence-electron chi connectivity index (χ3n) is 4.84. The van der Waals surface area contributed by atoms with Crippen molar-refractivity contribution in [3.63, 3.8) is 0 Å². The Morgan fingerprint density at radius 3 is 2.41 bits per heavy atom. The molecule has 1 aliphatic heterocycles. The minimum atomic E-state index is -0.210. The Morgan fingerprint density at radius 1 is 1.17 bits per heavy atom. The van der Waals surface area contributed by atoms with Crippen molar-refractivity contribution in [3.05, 3.63) is 29.6 Å². The van der Waals surface area contributed by atoms with Gasteiger partial charge in [-0.2, -0.15) is 0 Å². The molecular weight excluding hydrogens is 486 g/mol. The van der Waals surface area contributed by atoms with Gasteiger partial charge in [0.15, 0.2) is 5.96 Å². The molecule has 0 unspecified atom stereocenters. The highest BCUT2D eigenvalue weighted by atomic mass is 127. The fraction of sp³-hybridized carbons (Fsp3) is 0.600. The summed E-state index contributed by atoms with van der Waals surface area (Å²) in [5, 5.41) is 6.10. The van der Waals surface area contributed by atoms with Crippen LogP contribution in [0.15, 0.2) is 23.2 Å². The molecule has 0 saturated carbocycles. The van der Waals surface area contributed by atoms with Crippen molar-refractivity contribution < 1.29 is 9.18 Å². The molecular formula is C20H34FIN6O. The molecule has 1 aromatic carbocycles. The third kappa shape index (κ3) is 7.96. The van der Waals surface area contributed by atoms with Crippen molar-refractivity contribution in [1.29, 1.82) is 0 Å². The van der Waals surface area contributed by atoms with Gasteiger partial charge < -0.3 is 25.3 Å². The van der Waals surface area contributed by atoms with E-state index in [1.54, 1.807) is 20.2 Å². The maximum Gasteiger partial charge on any atom is 0.241 e. The van der Waals surface area contributed by atoms with Crippen molar-refractivity contribution in [2.24, 2.45) is 4.99 Å². The van der Waals surface area contributed by atoms with E-state index in [2.05, 4.69) is 32.3 Å². The molecule has 1 aliphatic rings. The zero-order valence-corrected chi connectivity index (χ0v) is 20.2. The number of hydrogen-bond donors (Lipinski definition) is 2. The maximum atomic E-state index is 14.6. The molecule has 0 aliphatic carbocycles. The normalized spacial score (nSPS) is 14.9. The fourth-order valence-electron chi connectivity index (χ4n) is 3.04. The average molecular weight is 520 g/mol. The van der Waals surface area contributed by atoms with Crippen molar-refractivity contribution in [1.82, 2.24) is 20.4 Å². The number of likely N-dealkylation sites (N-methyl/N-ethyl adjacent to an activating group) is 2. The summed E-state index contributed by atoms with van der Waals surface area (Å²) in [5.41, 5.74) is 1.45. The summed E-state index contributed by atoms with van der Waals surface area (Å²) in [5.74, 6) is 0.292. The monoisotopic (exact) mass is 520 g/mol. The van der Waals surface area contributed by atoms with Crippen LogP contribution in [-0.4, -0.2) is 81.6 Å². The van der Waals surface area contributed by atoms with E-state index >= 15 is 0 Å². The molecule has 1 fully saturated rings. The summed E-state index contributed by atoms with van der Waals surface area (Å²) in [6, 6.07) is 5.32. The zero-order chi connectivity index (χ0) is 20.5. The summed E-state index contributed by atoms with van der Waals surface area (Å²) in [7, 11) is 3.42. The van der Waals surface area contributed by atoms with Gasteiger partial charge in [-0.1, -0.05) is 13.0 Å². The number of carbonyl (C=O) groups is 1. The van der Waals surface area contributed by atoms with Crippen LogP contribution in [0.5, 0.6) is 0 Å². The van der Waals surface area contributed by atoms with E-state index in [9.17, 15) is 9.18 Å². The number of piperazine rings is 1. The lowest BCUT2D eigenvalue weighted by Crippen LogP contribution is -2.46. The quantitative estimate of drug-likeness (QED) is 0.326. The summed E-state index contributed by atoms with van der Waals surface area (Å²) in [6.45, 7) is 9.94. The predicted molar refractivity (Wildman–Crippen MR) is 128 cm³/mol. The smallest absolute Gasteiger partial charge is 0.241 e. The number of guanidine groups is 1. The minimum absolute atomic E-state index is 0. The van der Waals surface area contributed by atoms with Crippen LogP contribution in [0, 0.1) is 5.82 Å². The van der Waals surface area contributed by atoms with Crippen LogP contribution in [0.3, 0.4) is 0 Å². The molecule has 1 heterocycles. The molecule has 0 radical (unpaired) electrons. The Labute approximate surface area is 190 Å². The molecule has 9 heteroatoms. The van der Waals surface area contributed by atoms with E-state index in [1.807, 2.05) is 19.1 Å². The zero-order valence-electron chi connectivity index (χ0n) is 17.9. The van der Waals surface area contributed by atoms with Gasteiger partial charge in [0.25, 0.3) is 0 Å². The van der Waals surface area contributed by atoms with Crippen LogP contribution in [0.4, 0.5) is 10.1 Å². The average Bonchev–Trinajstić information content (AvgIpc) is 2.70. The van der Waals surface area contributed by atoms with Crippen LogP contribution >= 0.6 is 24.0 Å². The van der Waals surface area contributed by atoms with Gasteiger partial charge in [-0.3, -0.25) is 4.79 Å². The third-order valence-corrected chi connectivity index (χ3v) is 4.84. The topological polar surface area (TPSA) is 63.2 Å². The lowest BCUT2D eigenvalue weighted by atomic mass is 10.1. The Morgan fingerprint density at radius 2 is 1.86 bits per heavy atom. The molecule has 0 bridgehead atoms. The Hall–Kier alpha value is -1.62. The molecule has 2 rings (SSSR count). The number of nitrogens with zero attached hydrogens (tertiary/aromatic N) is 4. The second kappa shape index (κ2) is 12.8. The van der Waals surface area contributed by atoms with E-state index < -0.39 is 0 Å². The number of halogens is 2. The van der Waals surface area contributed by atoms with Gasteiger partial charge in [0, 0.05) is 46.8 Å². The molecule has 0 atom stereocenters. The first-order valence-corrected chi connectivity index (χ1v) is 9.92. The van der Waals surface area contributed by atoms with E-state index in [1.165, 1.54) is 4.90 Å². The molecule has 0 spiro atoms. The van der Waals surface area contributed by atoms with Crippen molar-refractivity contribution in [2.75, 3.05) is 64.8 Å². The van der Waals surface area contributed by atoms with Gasteiger partial charge in [-0.05, 0) is 31.2 Å². The lowest BCUT2D eigenvalue weighted by Gasteiger charge is -2.35. The SMILES string of the molecule is CCNC(=NCc1ccc(N2CCN(CC)CC2)c(F)c1)NCC(=O)N(C)C.I. The number of anilines is 1. The summed E-state index contributed by atoms with van der Waals surface area (Å²) in [4.78, 5) is 22.2. The highest BCUT2D eigenvalue weighted by Gasteiger charge is 2.18. The van der Waals surface area contributed by atoms with Gasteiger partial charge in [0.1, 0.15) is 5.82 Å². The standard InChI is InChI=1S/C20H33FN6O.HI/c1-5-22-20(24-15-19(28)25(3)4)23-14-16-7-8-18(17(21)13-16)27-11-9-26(6-2)10-12-27;/h7-8,13H,5-6,9-12,14-15H2,1-4H3,(H2,22,23,24);1H. The number of aliphatic imine (C=N–C) groups is 1. The van der Waals surface area contributed by atoms with Gasteiger partial charge >= 0.3 is 0 Å². The lowest BCUT2D eigenvalue weighted by molar-refractivity contribution is -0.127. The summed E-state index contributed by atoms with van der Waals surface area (Å²) < 4.78 is 14.6. The number of hydrogen-bond acceptors (Lipinski definition) is 4. The van der Waals surface area contributed by atoms with Crippen molar-refractivity contribution >= 4 is 41.5 Å². The Kier molecular flexibility index (Phi) is 11.3. The van der Waals surface area contributed by atoms with Crippen LogP contribution in [0.2, 0.25) is 0 Å². The highest BCUT2D eigenvalue weighted by molar-refractivity contribution is 14.0. The molecule has 1 saturated heterocycles. The first kappa shape index (κ1) is 25.4. The van der Waals surface area contributed by atoms with Gasteiger partial charge in [-0.25, -0.2) is 9.38 Å². The minimum Gasteiger partial charge on any atom is -0.367 e. The number of rotatable bonds is 7. The van der Waals surface area contributed by atoms with Gasteiger partial charge in [0.05, 0.1) is 18.8 Å². The Bertz CT molecular complexity index is 677. The van der Waals surface area contributed by atoms with Crippen LogP contribution in [-0.2, 0) is 11.3 Å². The number of benzene rings is 1. The van der Waals surface area contributed by atoms with Gasteiger partial charge in [-0.15, -0.1) is 24.0 Å². The largest absolute Gasteiger partial charge is 0.367 e. The second-order valence-electron chi connectivity index (χ2n) is 7.04. The number of amides is 1. The summed E-state index contributed by atoms with van der Waals surface area (Å²) in [6.07, 6.45) is 0. The van der Waals surface area contributed by atoms with Gasteiger partial charge in [0.2, 0.25) is 5.91 Å². The van der Waals surface area contributed by atoms with Crippen LogP contribution in [0.1, 0.15) is 19.4 Å². The van der Waals surface area contributed by atoms with Crippen LogP contribution in [0.25, 0.3) is 0 Å². The number of carbonyl (C=O) groups excluding carboxylic acids is 1. The van der Waals surface area contributed by atoms with E-state index in [4.69, 9.17) is 0 Å². The molecule has 2 N–H and O–H groups in total. The van der Waals surface area contributed by atoms with Crippen molar-refractivity contribution in [3.8, 4) is 0 Å². The second-order valence-corrected chi connectivity index (χ2v) is 7.04. The molecule has 1 aromatic rings. The first-order chi connectivity index (χ1) is 13.4. The molecule has 7 nitrogen and oxygen atoms in total. The molecule has 1 amide bonds.